The molecule has 0 radical (unpaired) electrons. The third-order valence-electron chi connectivity index (χ3n) is 3.92. The van der Waals surface area contributed by atoms with Crippen molar-refractivity contribution in [2.75, 3.05) is 0 Å². The van der Waals surface area contributed by atoms with Gasteiger partial charge in [-0.15, -0.1) is 0 Å². The van der Waals surface area contributed by atoms with Crippen LogP contribution in [0.25, 0.3) is 11.1 Å². The van der Waals surface area contributed by atoms with Crippen molar-refractivity contribution >= 4 is 5.97 Å². The van der Waals surface area contributed by atoms with Crippen LogP contribution >= 0.6 is 0 Å². The summed E-state index contributed by atoms with van der Waals surface area (Å²) >= 11 is 0. The van der Waals surface area contributed by atoms with Crippen LogP contribution in [0.4, 0.5) is 0 Å². The van der Waals surface area contributed by atoms with Gasteiger partial charge in [0, 0.05) is 5.92 Å². The Kier molecular flexibility index (Phi) is 4.42. The second-order valence-corrected chi connectivity index (χ2v) is 5.98. The molecular weight excluding hydrogens is 302 g/mol. The minimum atomic E-state index is -0.918. The van der Waals surface area contributed by atoms with Crippen LogP contribution in [0.1, 0.15) is 41.5 Å². The molecule has 3 rings (SSSR count). The maximum Gasteiger partial charge on any atom is 0.336 e. The number of hydrogen-bond acceptors (Lipinski definition) is 3. The zero-order valence-corrected chi connectivity index (χ0v) is 13.7. The predicted octanol–water partition coefficient (Wildman–Crippen LogP) is 3.82. The highest BCUT2D eigenvalue weighted by Gasteiger charge is 2.12. The zero-order chi connectivity index (χ0) is 17.1. The summed E-state index contributed by atoms with van der Waals surface area (Å²) in [4.78, 5) is 15.7. The number of aromatic carboxylic acids is 1. The second kappa shape index (κ2) is 6.66. The van der Waals surface area contributed by atoms with Gasteiger partial charge in [0.2, 0.25) is 0 Å². The van der Waals surface area contributed by atoms with Gasteiger partial charge in [0.1, 0.15) is 12.2 Å². The number of rotatable bonds is 5. The fourth-order valence-electron chi connectivity index (χ4n) is 2.73. The number of carboxylic acids is 1. The van der Waals surface area contributed by atoms with E-state index < -0.39 is 5.97 Å². The van der Waals surface area contributed by atoms with Crippen LogP contribution in [-0.4, -0.2) is 25.8 Å². The smallest absolute Gasteiger partial charge is 0.336 e. The highest BCUT2D eigenvalue weighted by Crippen LogP contribution is 2.24. The first-order valence-corrected chi connectivity index (χ1v) is 7.85. The highest BCUT2D eigenvalue weighted by atomic mass is 16.4. The molecule has 3 aromatic rings. The van der Waals surface area contributed by atoms with Crippen molar-refractivity contribution in [3.8, 4) is 11.1 Å². The molecule has 0 fully saturated rings. The Labute approximate surface area is 140 Å². The van der Waals surface area contributed by atoms with E-state index >= 15 is 0 Å². The van der Waals surface area contributed by atoms with Gasteiger partial charge in [0.15, 0.2) is 0 Å². The highest BCUT2D eigenvalue weighted by molar-refractivity contribution is 5.95. The third kappa shape index (κ3) is 3.20. The molecule has 0 aliphatic carbocycles. The molecule has 5 nitrogen and oxygen atoms in total. The fourth-order valence-corrected chi connectivity index (χ4v) is 2.73. The van der Waals surface area contributed by atoms with Crippen molar-refractivity contribution in [1.29, 1.82) is 0 Å². The first-order valence-electron chi connectivity index (χ1n) is 7.85. The van der Waals surface area contributed by atoms with Crippen molar-refractivity contribution in [3.05, 3.63) is 71.8 Å². The second-order valence-electron chi connectivity index (χ2n) is 5.98. The van der Waals surface area contributed by atoms with Crippen molar-refractivity contribution in [1.82, 2.24) is 14.8 Å². The first-order chi connectivity index (χ1) is 11.6. The van der Waals surface area contributed by atoms with Crippen LogP contribution < -0.4 is 0 Å². The van der Waals surface area contributed by atoms with Gasteiger partial charge in [-0.2, -0.15) is 5.10 Å². The number of aromatic nitrogens is 3. The van der Waals surface area contributed by atoms with E-state index in [-0.39, 0.29) is 0 Å². The van der Waals surface area contributed by atoms with Gasteiger partial charge in [-0.05, 0) is 22.8 Å². The van der Waals surface area contributed by atoms with Gasteiger partial charge >= 0.3 is 5.97 Å². The van der Waals surface area contributed by atoms with E-state index in [9.17, 15) is 9.90 Å². The minimum absolute atomic E-state index is 0.309. The van der Waals surface area contributed by atoms with Gasteiger partial charge in [-0.1, -0.05) is 56.3 Å². The normalized spacial score (nSPS) is 11.0. The maximum atomic E-state index is 11.4. The molecule has 0 amide bonds. The van der Waals surface area contributed by atoms with Gasteiger partial charge in [0.05, 0.1) is 12.1 Å². The van der Waals surface area contributed by atoms with Crippen LogP contribution in [0.15, 0.2) is 54.9 Å². The molecule has 0 unspecified atom stereocenters. The summed E-state index contributed by atoms with van der Waals surface area (Å²) < 4.78 is 1.89. The Morgan fingerprint density at radius 1 is 1.12 bits per heavy atom. The standard InChI is InChI=1S/C19H19N3O2/c1-13(2)18-20-12-21-22(18)11-14-7-9-15(10-8-14)16-5-3-4-6-17(16)19(23)24/h3-10,12-13H,11H2,1-2H3,(H,23,24). The van der Waals surface area contributed by atoms with Crippen LogP contribution in [0, 0.1) is 0 Å². The van der Waals surface area contributed by atoms with Crippen molar-refractivity contribution in [3.63, 3.8) is 0 Å². The molecule has 0 bridgehead atoms. The first kappa shape index (κ1) is 15.9. The topological polar surface area (TPSA) is 68.0 Å². The van der Waals surface area contributed by atoms with Crippen molar-refractivity contribution in [2.24, 2.45) is 0 Å². The lowest BCUT2D eigenvalue weighted by atomic mass is 9.99. The van der Waals surface area contributed by atoms with E-state index in [4.69, 9.17) is 0 Å². The van der Waals surface area contributed by atoms with E-state index in [1.807, 2.05) is 41.1 Å². The molecule has 2 aromatic carbocycles. The van der Waals surface area contributed by atoms with Gasteiger partial charge in [0.25, 0.3) is 0 Å². The number of carboxylic acid groups (broad SMARTS) is 1. The average molecular weight is 321 g/mol. The van der Waals surface area contributed by atoms with E-state index in [0.29, 0.717) is 18.0 Å². The van der Waals surface area contributed by atoms with E-state index in [0.717, 1.165) is 22.5 Å². The lowest BCUT2D eigenvalue weighted by molar-refractivity contribution is 0.0697. The number of nitrogens with zero attached hydrogens (tertiary/aromatic N) is 3. The molecule has 0 saturated heterocycles. The molecule has 0 atom stereocenters. The lowest BCUT2D eigenvalue weighted by Gasteiger charge is -2.10. The van der Waals surface area contributed by atoms with Crippen LogP contribution in [0.2, 0.25) is 0 Å². The molecule has 0 spiro atoms. The average Bonchev–Trinajstić information content (AvgIpc) is 3.04. The van der Waals surface area contributed by atoms with E-state index in [1.165, 1.54) is 0 Å². The van der Waals surface area contributed by atoms with Gasteiger partial charge in [-0.3, -0.25) is 0 Å². The Bertz CT molecular complexity index is 851. The van der Waals surface area contributed by atoms with Crippen molar-refractivity contribution in [2.45, 2.75) is 26.3 Å². The third-order valence-corrected chi connectivity index (χ3v) is 3.92. The largest absolute Gasteiger partial charge is 0.478 e. The molecule has 1 aromatic heterocycles. The summed E-state index contributed by atoms with van der Waals surface area (Å²) in [6.07, 6.45) is 1.58. The lowest BCUT2D eigenvalue weighted by Crippen LogP contribution is -2.08. The zero-order valence-electron chi connectivity index (χ0n) is 13.7. The van der Waals surface area contributed by atoms with Crippen molar-refractivity contribution < 1.29 is 9.90 Å². The summed E-state index contributed by atoms with van der Waals surface area (Å²) in [5.74, 6) is 0.350. The van der Waals surface area contributed by atoms with E-state index in [2.05, 4.69) is 23.9 Å². The summed E-state index contributed by atoms with van der Waals surface area (Å²) in [6, 6.07) is 14.9. The maximum absolute atomic E-state index is 11.4. The van der Waals surface area contributed by atoms with Gasteiger partial charge in [-0.25, -0.2) is 14.5 Å². The predicted molar refractivity (Wildman–Crippen MR) is 92.1 cm³/mol. The molecule has 1 N–H and O–H groups in total. The van der Waals surface area contributed by atoms with Crippen LogP contribution in [0.3, 0.4) is 0 Å². The summed E-state index contributed by atoms with van der Waals surface area (Å²) in [7, 11) is 0. The van der Waals surface area contributed by atoms with Crippen LogP contribution in [0.5, 0.6) is 0 Å². The fraction of sp³-hybridized carbons (Fsp3) is 0.211. The Morgan fingerprint density at radius 2 is 1.83 bits per heavy atom. The summed E-state index contributed by atoms with van der Waals surface area (Å²) in [6.45, 7) is 4.83. The Hall–Kier alpha value is -2.95. The van der Waals surface area contributed by atoms with Gasteiger partial charge < -0.3 is 5.11 Å². The molecule has 0 aliphatic rings. The minimum Gasteiger partial charge on any atom is -0.478 e. The molecule has 1 heterocycles. The monoisotopic (exact) mass is 321 g/mol. The molecule has 0 aliphatic heterocycles. The molecule has 24 heavy (non-hydrogen) atoms. The molecule has 5 heteroatoms. The number of hydrogen-bond donors (Lipinski definition) is 1. The molecule has 0 saturated carbocycles. The molecular formula is C19H19N3O2. The Morgan fingerprint density at radius 3 is 2.50 bits per heavy atom. The SMILES string of the molecule is CC(C)c1ncnn1Cc1ccc(-c2ccccc2C(=O)O)cc1. The number of carbonyl (C=O) groups is 1. The summed E-state index contributed by atoms with van der Waals surface area (Å²) in [5.41, 5.74) is 3.02. The summed E-state index contributed by atoms with van der Waals surface area (Å²) in [5, 5.41) is 13.6. The number of benzene rings is 2. The van der Waals surface area contributed by atoms with E-state index in [1.54, 1.807) is 18.5 Å². The molecule has 122 valence electrons. The van der Waals surface area contributed by atoms with Crippen LogP contribution in [-0.2, 0) is 6.54 Å². The quantitative estimate of drug-likeness (QED) is 0.776. The Balaban J connectivity index is 1.86.